The van der Waals surface area contributed by atoms with Gasteiger partial charge in [0.15, 0.2) is 0 Å². The van der Waals surface area contributed by atoms with Crippen LogP contribution >= 0.6 is 11.3 Å². The van der Waals surface area contributed by atoms with Gasteiger partial charge >= 0.3 is 5.97 Å². The highest BCUT2D eigenvalue weighted by molar-refractivity contribution is 7.07. The van der Waals surface area contributed by atoms with E-state index in [-0.39, 0.29) is 24.3 Å². The van der Waals surface area contributed by atoms with E-state index in [9.17, 15) is 9.59 Å². The molecule has 0 bridgehead atoms. The van der Waals surface area contributed by atoms with Crippen molar-refractivity contribution >= 4 is 23.2 Å². The van der Waals surface area contributed by atoms with Gasteiger partial charge < -0.3 is 15.2 Å². The number of hydrogen-bond acceptors (Lipinski definition) is 5. The molecule has 1 aromatic heterocycles. The Morgan fingerprint density at radius 2 is 2.21 bits per heavy atom. The smallest absolute Gasteiger partial charge is 0.326 e. The van der Waals surface area contributed by atoms with Crippen LogP contribution in [0.2, 0.25) is 0 Å². The number of carbonyl (C=O) groups is 2. The standard InChI is InChI=1S/C12H18N2O4S/c1-12(2,3)18-5-4-8(11(16)17)14-10(15)9-6-19-7-13-9/h6-8H,4-5H2,1-3H3,(H,14,15)(H,16,17). The minimum absolute atomic E-state index is 0.211. The lowest BCUT2D eigenvalue weighted by molar-refractivity contribution is -0.140. The van der Waals surface area contributed by atoms with E-state index in [4.69, 9.17) is 9.84 Å². The van der Waals surface area contributed by atoms with Gasteiger partial charge in [0.05, 0.1) is 11.1 Å². The van der Waals surface area contributed by atoms with Crippen LogP contribution in [0, 0.1) is 0 Å². The number of hydrogen-bond donors (Lipinski definition) is 2. The summed E-state index contributed by atoms with van der Waals surface area (Å²) in [7, 11) is 0. The van der Waals surface area contributed by atoms with Gasteiger partial charge in [-0.25, -0.2) is 9.78 Å². The van der Waals surface area contributed by atoms with Crippen molar-refractivity contribution in [2.24, 2.45) is 0 Å². The molecule has 106 valence electrons. The second-order valence-electron chi connectivity index (χ2n) is 4.99. The summed E-state index contributed by atoms with van der Waals surface area (Å²) >= 11 is 1.28. The van der Waals surface area contributed by atoms with Gasteiger partial charge in [-0.05, 0) is 20.8 Å². The van der Waals surface area contributed by atoms with Crippen molar-refractivity contribution in [2.75, 3.05) is 6.61 Å². The van der Waals surface area contributed by atoms with Crippen LogP contribution in [0.25, 0.3) is 0 Å². The molecule has 0 aliphatic rings. The molecule has 1 rings (SSSR count). The summed E-state index contributed by atoms with van der Waals surface area (Å²) in [6.45, 7) is 5.92. The molecule has 1 unspecified atom stereocenters. The van der Waals surface area contributed by atoms with Crippen LogP contribution in [-0.4, -0.2) is 40.2 Å². The monoisotopic (exact) mass is 286 g/mol. The number of aromatic nitrogens is 1. The van der Waals surface area contributed by atoms with Crippen molar-refractivity contribution < 1.29 is 19.4 Å². The van der Waals surface area contributed by atoms with Crippen LogP contribution in [0.5, 0.6) is 0 Å². The summed E-state index contributed by atoms with van der Waals surface area (Å²) in [4.78, 5) is 26.6. The van der Waals surface area contributed by atoms with Crippen LogP contribution in [0.3, 0.4) is 0 Å². The van der Waals surface area contributed by atoms with E-state index in [1.54, 1.807) is 5.38 Å². The molecule has 0 saturated carbocycles. The third-order valence-electron chi connectivity index (χ3n) is 2.21. The number of thiazole rings is 1. The van der Waals surface area contributed by atoms with Crippen LogP contribution in [0.15, 0.2) is 10.9 Å². The Bertz CT molecular complexity index is 425. The van der Waals surface area contributed by atoms with Gasteiger partial charge in [-0.3, -0.25) is 4.79 Å². The summed E-state index contributed by atoms with van der Waals surface area (Å²) in [5, 5.41) is 13.1. The van der Waals surface area contributed by atoms with E-state index in [0.29, 0.717) is 0 Å². The number of rotatable bonds is 6. The maximum absolute atomic E-state index is 11.7. The highest BCUT2D eigenvalue weighted by Gasteiger charge is 2.22. The van der Waals surface area contributed by atoms with Crippen molar-refractivity contribution in [2.45, 2.75) is 38.8 Å². The predicted molar refractivity (Wildman–Crippen MR) is 71.3 cm³/mol. The molecule has 0 aliphatic carbocycles. The first kappa shape index (κ1) is 15.6. The zero-order valence-corrected chi connectivity index (χ0v) is 12.0. The van der Waals surface area contributed by atoms with Gasteiger partial charge in [0.2, 0.25) is 0 Å². The largest absolute Gasteiger partial charge is 0.480 e. The summed E-state index contributed by atoms with van der Waals surface area (Å²) < 4.78 is 5.45. The minimum atomic E-state index is -1.08. The molecule has 2 N–H and O–H groups in total. The molecule has 1 atom stereocenters. The van der Waals surface area contributed by atoms with E-state index in [1.807, 2.05) is 20.8 Å². The van der Waals surface area contributed by atoms with Gasteiger partial charge in [-0.15, -0.1) is 11.3 Å². The molecule has 0 aromatic carbocycles. The predicted octanol–water partition coefficient (Wildman–Crippen LogP) is 1.53. The second-order valence-corrected chi connectivity index (χ2v) is 5.71. The fourth-order valence-corrected chi connectivity index (χ4v) is 1.83. The fourth-order valence-electron chi connectivity index (χ4n) is 1.30. The highest BCUT2D eigenvalue weighted by atomic mass is 32.1. The highest BCUT2D eigenvalue weighted by Crippen LogP contribution is 2.08. The van der Waals surface area contributed by atoms with Crippen molar-refractivity contribution in [3.05, 3.63) is 16.6 Å². The van der Waals surface area contributed by atoms with E-state index in [0.717, 1.165) is 0 Å². The maximum Gasteiger partial charge on any atom is 0.326 e. The third kappa shape index (κ3) is 5.80. The Labute approximate surface area is 115 Å². The molecule has 0 spiro atoms. The topological polar surface area (TPSA) is 88.5 Å². The number of nitrogens with one attached hydrogen (secondary N) is 1. The molecular formula is C12H18N2O4S. The molecular weight excluding hydrogens is 268 g/mol. The zero-order valence-electron chi connectivity index (χ0n) is 11.2. The van der Waals surface area contributed by atoms with Crippen molar-refractivity contribution in [3.63, 3.8) is 0 Å². The minimum Gasteiger partial charge on any atom is -0.480 e. The lowest BCUT2D eigenvalue weighted by atomic mass is 10.1. The quantitative estimate of drug-likeness (QED) is 0.828. The molecule has 6 nitrogen and oxygen atoms in total. The average Bonchev–Trinajstić information content (AvgIpc) is 2.78. The Kier molecular flexibility index (Phi) is 5.44. The summed E-state index contributed by atoms with van der Waals surface area (Å²) in [5.74, 6) is -1.56. The molecule has 1 heterocycles. The van der Waals surface area contributed by atoms with Gasteiger partial charge in [0, 0.05) is 18.4 Å². The first-order chi connectivity index (χ1) is 8.79. The Hall–Kier alpha value is -1.47. The molecule has 0 fully saturated rings. The summed E-state index contributed by atoms with van der Waals surface area (Å²) in [6, 6.07) is -0.975. The second kappa shape index (κ2) is 6.63. The SMILES string of the molecule is CC(C)(C)OCCC(NC(=O)c1cscn1)C(=O)O. The number of carboxylic acid groups (broad SMARTS) is 1. The number of carboxylic acids is 1. The number of nitrogens with zero attached hydrogens (tertiary/aromatic N) is 1. The number of aliphatic carboxylic acids is 1. The maximum atomic E-state index is 11.7. The molecule has 0 radical (unpaired) electrons. The van der Waals surface area contributed by atoms with Crippen molar-refractivity contribution in [3.8, 4) is 0 Å². The third-order valence-corrected chi connectivity index (χ3v) is 2.80. The number of amides is 1. The summed E-state index contributed by atoms with van der Waals surface area (Å²) in [6.07, 6.45) is 0.211. The molecule has 1 amide bonds. The normalized spacial score (nSPS) is 13.0. The molecule has 1 aromatic rings. The first-order valence-corrected chi connectivity index (χ1v) is 6.79. The van der Waals surface area contributed by atoms with E-state index in [1.165, 1.54) is 16.8 Å². The Morgan fingerprint density at radius 1 is 1.53 bits per heavy atom. The fraction of sp³-hybridized carbons (Fsp3) is 0.583. The van der Waals surface area contributed by atoms with Crippen LogP contribution in [0.4, 0.5) is 0 Å². The summed E-state index contributed by atoms with van der Waals surface area (Å²) in [5.41, 5.74) is 1.42. The average molecular weight is 286 g/mol. The van der Waals surface area contributed by atoms with Gasteiger partial charge in [-0.2, -0.15) is 0 Å². The van der Waals surface area contributed by atoms with E-state index in [2.05, 4.69) is 10.3 Å². The molecule has 7 heteroatoms. The van der Waals surface area contributed by atoms with E-state index < -0.39 is 17.9 Å². The van der Waals surface area contributed by atoms with Crippen molar-refractivity contribution in [1.29, 1.82) is 0 Å². The van der Waals surface area contributed by atoms with Crippen molar-refractivity contribution in [1.82, 2.24) is 10.3 Å². The lowest BCUT2D eigenvalue weighted by Gasteiger charge is -2.21. The van der Waals surface area contributed by atoms with E-state index >= 15 is 0 Å². The molecule has 19 heavy (non-hydrogen) atoms. The van der Waals surface area contributed by atoms with Crippen LogP contribution in [-0.2, 0) is 9.53 Å². The van der Waals surface area contributed by atoms with Gasteiger partial charge in [0.25, 0.3) is 5.91 Å². The van der Waals surface area contributed by atoms with Crippen LogP contribution in [0.1, 0.15) is 37.7 Å². The van der Waals surface area contributed by atoms with Gasteiger partial charge in [-0.1, -0.05) is 0 Å². The molecule has 0 aliphatic heterocycles. The lowest BCUT2D eigenvalue weighted by Crippen LogP contribution is -2.42. The Morgan fingerprint density at radius 3 is 2.68 bits per heavy atom. The first-order valence-electron chi connectivity index (χ1n) is 5.85. The zero-order chi connectivity index (χ0) is 14.5. The molecule has 0 saturated heterocycles. The number of ether oxygens (including phenoxy) is 1. The van der Waals surface area contributed by atoms with Crippen LogP contribution < -0.4 is 5.32 Å². The number of carbonyl (C=O) groups excluding carboxylic acids is 1. The Balaban J connectivity index is 2.49. The van der Waals surface area contributed by atoms with Gasteiger partial charge in [0.1, 0.15) is 11.7 Å².